The zero-order valence-corrected chi connectivity index (χ0v) is 13.3. The molecule has 1 rings (SSSR count). The largest absolute Gasteiger partial charge is 0.370 e. The molecule has 2 nitrogen and oxygen atoms in total. The van der Waals surface area contributed by atoms with Crippen LogP contribution in [0.15, 0.2) is 23.1 Å². The van der Waals surface area contributed by atoms with Crippen LogP contribution in [0.1, 0.15) is 39.2 Å². The van der Waals surface area contributed by atoms with Gasteiger partial charge < -0.3 is 4.90 Å². The topological polar surface area (TPSA) is 27.0 Å². The Morgan fingerprint density at radius 3 is 2.42 bits per heavy atom. The Morgan fingerprint density at radius 2 is 1.95 bits per heavy atom. The molecular formula is C16H24N2S. The average Bonchev–Trinajstić information content (AvgIpc) is 2.47. The van der Waals surface area contributed by atoms with Crippen LogP contribution in [-0.2, 0) is 0 Å². The fourth-order valence-corrected chi connectivity index (χ4v) is 2.89. The fourth-order valence-electron chi connectivity index (χ4n) is 2.32. The summed E-state index contributed by atoms with van der Waals surface area (Å²) in [6.45, 7) is 8.63. The number of rotatable bonds is 7. The molecule has 1 aromatic rings. The molecule has 0 heterocycles. The Labute approximate surface area is 121 Å². The molecule has 0 aliphatic carbocycles. The van der Waals surface area contributed by atoms with Gasteiger partial charge in [-0.25, -0.2) is 0 Å². The third-order valence-corrected chi connectivity index (χ3v) is 4.47. The number of nitriles is 1. The minimum absolute atomic E-state index is 0.699. The van der Waals surface area contributed by atoms with Gasteiger partial charge in [0.15, 0.2) is 0 Å². The van der Waals surface area contributed by atoms with Crippen LogP contribution in [0.25, 0.3) is 0 Å². The highest BCUT2D eigenvalue weighted by atomic mass is 32.2. The van der Waals surface area contributed by atoms with Crippen molar-refractivity contribution >= 4 is 17.4 Å². The zero-order valence-electron chi connectivity index (χ0n) is 12.4. The van der Waals surface area contributed by atoms with E-state index < -0.39 is 0 Å². The van der Waals surface area contributed by atoms with Crippen molar-refractivity contribution in [3.05, 3.63) is 23.8 Å². The molecule has 0 spiro atoms. The number of nitrogens with zero attached hydrogens (tertiary/aromatic N) is 2. The summed E-state index contributed by atoms with van der Waals surface area (Å²) >= 11 is 1.64. The maximum Gasteiger partial charge on any atom is 0.103 e. The van der Waals surface area contributed by atoms with Gasteiger partial charge in [-0.05, 0) is 31.2 Å². The summed E-state index contributed by atoms with van der Waals surface area (Å²) in [7, 11) is 0. The maximum atomic E-state index is 9.43. The second kappa shape index (κ2) is 8.12. The van der Waals surface area contributed by atoms with E-state index in [1.807, 2.05) is 12.3 Å². The summed E-state index contributed by atoms with van der Waals surface area (Å²) in [5.74, 6) is 0.699. The summed E-state index contributed by atoms with van der Waals surface area (Å²) in [6, 6.07) is 8.53. The van der Waals surface area contributed by atoms with Gasteiger partial charge in [0.05, 0.1) is 11.3 Å². The Morgan fingerprint density at radius 1 is 1.26 bits per heavy atom. The molecule has 0 atom stereocenters. The van der Waals surface area contributed by atoms with E-state index in [9.17, 15) is 5.26 Å². The van der Waals surface area contributed by atoms with E-state index in [1.54, 1.807) is 11.8 Å². The normalized spacial score (nSPS) is 10.5. The van der Waals surface area contributed by atoms with E-state index >= 15 is 0 Å². The van der Waals surface area contributed by atoms with Crippen molar-refractivity contribution < 1.29 is 0 Å². The van der Waals surface area contributed by atoms with Gasteiger partial charge in [0.1, 0.15) is 6.07 Å². The van der Waals surface area contributed by atoms with Gasteiger partial charge in [-0.3, -0.25) is 0 Å². The van der Waals surface area contributed by atoms with Crippen molar-refractivity contribution in [2.45, 2.75) is 38.5 Å². The molecule has 0 amide bonds. The van der Waals surface area contributed by atoms with E-state index in [2.05, 4.69) is 43.9 Å². The molecule has 19 heavy (non-hydrogen) atoms. The van der Waals surface area contributed by atoms with Gasteiger partial charge >= 0.3 is 0 Å². The highest BCUT2D eigenvalue weighted by molar-refractivity contribution is 7.98. The summed E-state index contributed by atoms with van der Waals surface area (Å²) in [6.07, 6.45) is 4.41. The monoisotopic (exact) mass is 276 g/mol. The van der Waals surface area contributed by atoms with Crippen molar-refractivity contribution in [3.8, 4) is 6.07 Å². The summed E-state index contributed by atoms with van der Waals surface area (Å²) in [5.41, 5.74) is 1.91. The Bertz CT molecular complexity index is 433. The predicted octanol–water partition coefficient (Wildman–Crippen LogP) is 4.54. The predicted molar refractivity (Wildman–Crippen MR) is 84.9 cm³/mol. The van der Waals surface area contributed by atoms with Crippen LogP contribution in [0.2, 0.25) is 0 Å². The lowest BCUT2D eigenvalue weighted by Crippen LogP contribution is -2.29. The molecule has 1 aromatic carbocycles. The lowest BCUT2D eigenvalue weighted by Gasteiger charge is -2.28. The van der Waals surface area contributed by atoms with Gasteiger partial charge in [-0.2, -0.15) is 5.26 Å². The molecule has 0 radical (unpaired) electrons. The molecule has 0 N–H and O–H groups in total. The second-order valence-corrected chi connectivity index (χ2v) is 5.54. The van der Waals surface area contributed by atoms with Crippen LogP contribution < -0.4 is 4.90 Å². The summed E-state index contributed by atoms with van der Waals surface area (Å²) in [4.78, 5) is 3.42. The summed E-state index contributed by atoms with van der Waals surface area (Å²) < 4.78 is 0. The van der Waals surface area contributed by atoms with Crippen molar-refractivity contribution in [1.29, 1.82) is 5.26 Å². The molecule has 0 saturated carbocycles. The molecule has 3 heteroatoms. The molecule has 0 aromatic heterocycles. The van der Waals surface area contributed by atoms with Crippen LogP contribution in [0.5, 0.6) is 0 Å². The minimum Gasteiger partial charge on any atom is -0.370 e. The maximum absolute atomic E-state index is 9.43. The first kappa shape index (κ1) is 15.9. The van der Waals surface area contributed by atoms with E-state index in [-0.39, 0.29) is 0 Å². The van der Waals surface area contributed by atoms with Crippen LogP contribution in [0.4, 0.5) is 5.69 Å². The lowest BCUT2D eigenvalue weighted by molar-refractivity contribution is 0.486. The van der Waals surface area contributed by atoms with E-state index in [4.69, 9.17) is 0 Å². The first-order chi connectivity index (χ1) is 9.21. The van der Waals surface area contributed by atoms with Gasteiger partial charge in [0, 0.05) is 18.0 Å². The smallest absolute Gasteiger partial charge is 0.103 e. The quantitative estimate of drug-likeness (QED) is 0.684. The molecule has 104 valence electrons. The van der Waals surface area contributed by atoms with Crippen molar-refractivity contribution in [2.24, 2.45) is 5.92 Å². The van der Waals surface area contributed by atoms with Crippen molar-refractivity contribution in [2.75, 3.05) is 24.2 Å². The molecule has 0 bridgehead atoms. The number of benzene rings is 1. The molecule has 0 aliphatic heterocycles. The Balaban J connectivity index is 3.08. The molecule has 0 saturated heterocycles. The molecule has 0 aliphatic rings. The van der Waals surface area contributed by atoms with Gasteiger partial charge in [-0.15, -0.1) is 11.8 Å². The van der Waals surface area contributed by atoms with Gasteiger partial charge in [0.25, 0.3) is 0 Å². The molecule has 0 unspecified atom stereocenters. The van der Waals surface area contributed by atoms with Crippen LogP contribution in [-0.4, -0.2) is 19.3 Å². The third-order valence-electron chi connectivity index (χ3n) is 3.69. The first-order valence-corrected chi connectivity index (χ1v) is 8.26. The van der Waals surface area contributed by atoms with Crippen LogP contribution >= 0.6 is 11.8 Å². The third kappa shape index (κ3) is 3.91. The molecule has 0 fully saturated rings. The second-order valence-electron chi connectivity index (χ2n) is 4.69. The molecular weight excluding hydrogens is 252 g/mol. The highest BCUT2D eigenvalue weighted by Gasteiger charge is 2.15. The number of thioether (sulfide) groups is 1. The standard InChI is InChI=1S/C16H24N2S/c1-5-13(6-2)12-18(7-3)15-9-8-10-16(19-4)14(15)11-17/h8-10,13H,5-7,12H2,1-4H3. The van der Waals surface area contributed by atoms with E-state index in [0.717, 1.165) is 29.2 Å². The van der Waals surface area contributed by atoms with Crippen molar-refractivity contribution in [3.63, 3.8) is 0 Å². The van der Waals surface area contributed by atoms with Crippen LogP contribution in [0, 0.1) is 17.2 Å². The van der Waals surface area contributed by atoms with Gasteiger partial charge in [0.2, 0.25) is 0 Å². The first-order valence-electron chi connectivity index (χ1n) is 7.03. The average molecular weight is 276 g/mol. The highest BCUT2D eigenvalue weighted by Crippen LogP contribution is 2.29. The Kier molecular flexibility index (Phi) is 6.80. The number of hydrogen-bond donors (Lipinski definition) is 0. The zero-order chi connectivity index (χ0) is 14.3. The van der Waals surface area contributed by atoms with E-state index in [0.29, 0.717) is 5.92 Å². The SMILES string of the molecule is CCC(CC)CN(CC)c1cccc(SC)c1C#N. The fraction of sp³-hybridized carbons (Fsp3) is 0.562. The lowest BCUT2D eigenvalue weighted by atomic mass is 10.0. The summed E-state index contributed by atoms with van der Waals surface area (Å²) in [5, 5.41) is 9.43. The minimum atomic E-state index is 0.699. The van der Waals surface area contributed by atoms with Crippen molar-refractivity contribution in [1.82, 2.24) is 0 Å². The number of anilines is 1. The number of hydrogen-bond acceptors (Lipinski definition) is 3. The van der Waals surface area contributed by atoms with Gasteiger partial charge in [-0.1, -0.05) is 32.8 Å². The van der Waals surface area contributed by atoms with Crippen LogP contribution in [0.3, 0.4) is 0 Å². The Hall–Kier alpha value is -1.14. The van der Waals surface area contributed by atoms with E-state index in [1.165, 1.54) is 12.8 Å².